The maximum atomic E-state index is 11.7. The van der Waals surface area contributed by atoms with Crippen LogP contribution in [-0.2, 0) is 9.53 Å². The Kier molecular flexibility index (Phi) is 6.28. The van der Waals surface area contributed by atoms with Crippen LogP contribution in [0, 0.1) is 0 Å². The molecule has 5 heteroatoms. The van der Waals surface area contributed by atoms with Gasteiger partial charge >= 0.3 is 6.09 Å². The summed E-state index contributed by atoms with van der Waals surface area (Å²) in [5.74, 6) is 0.555. The number of ether oxygens (including phenoxy) is 1. The van der Waals surface area contributed by atoms with Gasteiger partial charge in [0.2, 0.25) is 0 Å². The highest BCUT2D eigenvalue weighted by Gasteiger charge is 2.18. The van der Waals surface area contributed by atoms with E-state index in [1.165, 1.54) is 18.9 Å². The first-order chi connectivity index (χ1) is 8.67. The Morgan fingerprint density at radius 2 is 2.00 bits per heavy atom. The van der Waals surface area contributed by atoms with Gasteiger partial charge in [0.15, 0.2) is 0 Å². The molecule has 18 heavy (non-hydrogen) atoms. The standard InChI is InChI=1S/C13H17NO3S/c1-17-13(16)14-12(8-11(15)9-18-2)10-6-4-3-5-7-10/h3-7,12H,8-9H2,1-2H3,(H,14,16)/t12-/m1/s1. The van der Waals surface area contributed by atoms with E-state index in [1.807, 2.05) is 36.6 Å². The number of benzene rings is 1. The summed E-state index contributed by atoms with van der Waals surface area (Å²) in [7, 11) is 1.31. The van der Waals surface area contributed by atoms with Gasteiger partial charge in [0.25, 0.3) is 0 Å². The minimum Gasteiger partial charge on any atom is -0.453 e. The van der Waals surface area contributed by atoms with Crippen molar-refractivity contribution in [3.8, 4) is 0 Å². The molecule has 1 aromatic carbocycles. The predicted octanol–water partition coefficient (Wildman–Crippen LogP) is 2.41. The average Bonchev–Trinajstić information content (AvgIpc) is 2.39. The normalized spacial score (nSPS) is 11.7. The summed E-state index contributed by atoms with van der Waals surface area (Å²) in [6.45, 7) is 0. The number of alkyl carbamates (subject to hydrolysis) is 1. The molecule has 1 N–H and O–H groups in total. The van der Waals surface area contributed by atoms with E-state index in [9.17, 15) is 9.59 Å². The molecule has 0 spiro atoms. The monoisotopic (exact) mass is 267 g/mol. The largest absolute Gasteiger partial charge is 0.453 e. The number of rotatable bonds is 6. The summed E-state index contributed by atoms with van der Waals surface area (Å²) in [5.41, 5.74) is 0.900. The first kappa shape index (κ1) is 14.6. The van der Waals surface area contributed by atoms with E-state index in [4.69, 9.17) is 0 Å². The van der Waals surface area contributed by atoms with Crippen LogP contribution in [0.15, 0.2) is 30.3 Å². The zero-order chi connectivity index (χ0) is 13.4. The molecule has 0 aromatic heterocycles. The number of carbonyl (C=O) groups excluding carboxylic acids is 2. The Labute approximate surface area is 111 Å². The van der Waals surface area contributed by atoms with E-state index < -0.39 is 6.09 Å². The van der Waals surface area contributed by atoms with Gasteiger partial charge in [-0.05, 0) is 11.8 Å². The third-order valence-corrected chi connectivity index (χ3v) is 3.03. The summed E-state index contributed by atoms with van der Waals surface area (Å²) < 4.78 is 4.58. The van der Waals surface area contributed by atoms with E-state index in [-0.39, 0.29) is 18.2 Å². The second kappa shape index (κ2) is 7.76. The molecule has 98 valence electrons. The molecule has 0 fully saturated rings. The van der Waals surface area contributed by atoms with Gasteiger partial charge in [-0.2, -0.15) is 11.8 Å². The fourth-order valence-corrected chi connectivity index (χ4v) is 2.03. The molecule has 0 aliphatic rings. The SMILES string of the molecule is COC(=O)N[C@H](CC(=O)CSC)c1ccccc1. The van der Waals surface area contributed by atoms with Crippen molar-refractivity contribution in [2.45, 2.75) is 12.5 Å². The van der Waals surface area contributed by atoms with E-state index in [0.717, 1.165) is 5.56 Å². The van der Waals surface area contributed by atoms with Crippen LogP contribution in [0.25, 0.3) is 0 Å². The third kappa shape index (κ3) is 4.79. The fraction of sp³-hybridized carbons (Fsp3) is 0.385. The molecule has 0 saturated carbocycles. The predicted molar refractivity (Wildman–Crippen MR) is 72.7 cm³/mol. The summed E-state index contributed by atoms with van der Waals surface area (Å²) in [5, 5.41) is 2.68. The molecule has 0 radical (unpaired) electrons. The Morgan fingerprint density at radius 1 is 1.33 bits per heavy atom. The van der Waals surface area contributed by atoms with Crippen molar-refractivity contribution in [3.63, 3.8) is 0 Å². The van der Waals surface area contributed by atoms with Gasteiger partial charge in [-0.1, -0.05) is 30.3 Å². The number of hydrogen-bond donors (Lipinski definition) is 1. The maximum absolute atomic E-state index is 11.7. The lowest BCUT2D eigenvalue weighted by Gasteiger charge is -2.17. The van der Waals surface area contributed by atoms with Crippen LogP contribution in [0.1, 0.15) is 18.0 Å². The van der Waals surface area contributed by atoms with Crippen molar-refractivity contribution < 1.29 is 14.3 Å². The van der Waals surface area contributed by atoms with Gasteiger partial charge in [0.05, 0.1) is 18.9 Å². The molecule has 0 unspecified atom stereocenters. The zero-order valence-electron chi connectivity index (χ0n) is 10.5. The fourth-order valence-electron chi connectivity index (χ4n) is 1.59. The van der Waals surface area contributed by atoms with Crippen LogP contribution in [0.2, 0.25) is 0 Å². The van der Waals surface area contributed by atoms with E-state index in [1.54, 1.807) is 0 Å². The highest BCUT2D eigenvalue weighted by molar-refractivity contribution is 7.99. The van der Waals surface area contributed by atoms with Crippen LogP contribution < -0.4 is 5.32 Å². The Balaban J connectivity index is 2.75. The number of hydrogen-bond acceptors (Lipinski definition) is 4. The van der Waals surface area contributed by atoms with Gasteiger partial charge in [0.1, 0.15) is 5.78 Å². The van der Waals surface area contributed by atoms with Crippen molar-refractivity contribution in [1.82, 2.24) is 5.32 Å². The van der Waals surface area contributed by atoms with Gasteiger partial charge in [-0.3, -0.25) is 4.79 Å². The molecule has 1 aromatic rings. The third-order valence-electron chi connectivity index (χ3n) is 2.42. The summed E-state index contributed by atoms with van der Waals surface area (Å²) in [6, 6.07) is 9.07. The highest BCUT2D eigenvalue weighted by Crippen LogP contribution is 2.17. The van der Waals surface area contributed by atoms with Crippen LogP contribution in [0.3, 0.4) is 0 Å². The van der Waals surface area contributed by atoms with E-state index in [0.29, 0.717) is 5.75 Å². The van der Waals surface area contributed by atoms with Gasteiger partial charge < -0.3 is 10.1 Å². The Hall–Kier alpha value is -1.49. The van der Waals surface area contributed by atoms with E-state index in [2.05, 4.69) is 10.1 Å². The van der Waals surface area contributed by atoms with Crippen LogP contribution in [0.5, 0.6) is 0 Å². The first-order valence-corrected chi connectivity index (χ1v) is 6.96. The molecule has 1 rings (SSSR count). The lowest BCUT2D eigenvalue weighted by atomic mass is 10.0. The first-order valence-electron chi connectivity index (χ1n) is 5.57. The maximum Gasteiger partial charge on any atom is 0.407 e. The number of Topliss-reactive ketones (excluding diaryl/α,β-unsaturated/α-hetero) is 1. The molecule has 0 saturated heterocycles. The Bertz CT molecular complexity index is 394. The second-order valence-electron chi connectivity index (χ2n) is 3.78. The number of amides is 1. The Morgan fingerprint density at radius 3 is 2.56 bits per heavy atom. The summed E-state index contributed by atoms with van der Waals surface area (Å²) in [4.78, 5) is 23.0. The van der Waals surface area contributed by atoms with Crippen molar-refractivity contribution in [2.24, 2.45) is 0 Å². The lowest BCUT2D eigenvalue weighted by molar-refractivity contribution is -0.117. The van der Waals surface area contributed by atoms with Gasteiger partial charge in [0, 0.05) is 6.42 Å². The number of carbonyl (C=O) groups is 2. The minimum atomic E-state index is -0.527. The average molecular weight is 267 g/mol. The number of nitrogens with one attached hydrogen (secondary N) is 1. The van der Waals surface area contributed by atoms with Crippen molar-refractivity contribution in [3.05, 3.63) is 35.9 Å². The highest BCUT2D eigenvalue weighted by atomic mass is 32.2. The van der Waals surface area contributed by atoms with Gasteiger partial charge in [-0.15, -0.1) is 0 Å². The number of methoxy groups -OCH3 is 1. The van der Waals surface area contributed by atoms with Crippen LogP contribution in [0.4, 0.5) is 4.79 Å². The number of ketones is 1. The smallest absolute Gasteiger partial charge is 0.407 e. The lowest BCUT2D eigenvalue weighted by Crippen LogP contribution is -2.30. The molecular weight excluding hydrogens is 250 g/mol. The molecule has 4 nitrogen and oxygen atoms in total. The van der Waals surface area contributed by atoms with Crippen LogP contribution in [-0.4, -0.2) is 31.0 Å². The molecule has 0 aliphatic heterocycles. The topological polar surface area (TPSA) is 55.4 Å². The second-order valence-corrected chi connectivity index (χ2v) is 4.64. The van der Waals surface area contributed by atoms with Crippen LogP contribution >= 0.6 is 11.8 Å². The van der Waals surface area contributed by atoms with Crippen molar-refractivity contribution in [2.75, 3.05) is 19.1 Å². The molecule has 0 bridgehead atoms. The zero-order valence-corrected chi connectivity index (χ0v) is 11.3. The molecule has 0 heterocycles. The summed E-state index contributed by atoms with van der Waals surface area (Å²) in [6.07, 6.45) is 1.63. The molecule has 1 atom stereocenters. The van der Waals surface area contributed by atoms with E-state index >= 15 is 0 Å². The van der Waals surface area contributed by atoms with Crippen molar-refractivity contribution >= 4 is 23.6 Å². The molecule has 0 aliphatic carbocycles. The molecular formula is C13H17NO3S. The van der Waals surface area contributed by atoms with Crippen molar-refractivity contribution in [1.29, 1.82) is 0 Å². The number of thioether (sulfide) groups is 1. The molecule has 1 amide bonds. The van der Waals surface area contributed by atoms with Gasteiger partial charge in [-0.25, -0.2) is 4.79 Å². The summed E-state index contributed by atoms with van der Waals surface area (Å²) >= 11 is 1.48. The quantitative estimate of drug-likeness (QED) is 0.860. The minimum absolute atomic E-state index is 0.104.